The standard InChI is InChI=1S/C11H14O5/c1-6-2-3-7(4-8(6)12)11(16)9(13)5-10(14)15/h2-4,9,11-13,16H,5H2,1H3,(H,14,15). The van der Waals surface area contributed by atoms with Gasteiger partial charge in [0.25, 0.3) is 0 Å². The first-order valence-electron chi connectivity index (χ1n) is 4.79. The molecule has 88 valence electrons. The van der Waals surface area contributed by atoms with Gasteiger partial charge in [-0.15, -0.1) is 0 Å². The normalized spacial score (nSPS) is 14.4. The third-order valence-electron chi connectivity index (χ3n) is 2.32. The molecule has 5 heteroatoms. The molecule has 0 saturated heterocycles. The Labute approximate surface area is 92.6 Å². The maximum Gasteiger partial charge on any atom is 0.306 e. The summed E-state index contributed by atoms with van der Waals surface area (Å²) in [5, 5.41) is 36.9. The van der Waals surface area contributed by atoms with Gasteiger partial charge in [0.2, 0.25) is 0 Å². The summed E-state index contributed by atoms with van der Waals surface area (Å²) in [6, 6.07) is 4.43. The zero-order valence-electron chi connectivity index (χ0n) is 8.79. The van der Waals surface area contributed by atoms with E-state index in [9.17, 15) is 20.1 Å². The lowest BCUT2D eigenvalue weighted by Gasteiger charge is -2.17. The van der Waals surface area contributed by atoms with Crippen LogP contribution in [0.25, 0.3) is 0 Å². The Morgan fingerprint density at radius 2 is 2.00 bits per heavy atom. The molecule has 16 heavy (non-hydrogen) atoms. The second-order valence-corrected chi connectivity index (χ2v) is 3.66. The molecule has 1 aromatic carbocycles. The summed E-state index contributed by atoms with van der Waals surface area (Å²) in [5.74, 6) is -1.19. The first-order chi connectivity index (χ1) is 7.41. The van der Waals surface area contributed by atoms with Crippen molar-refractivity contribution in [1.29, 1.82) is 0 Å². The van der Waals surface area contributed by atoms with E-state index in [0.29, 0.717) is 5.56 Å². The number of aryl methyl sites for hydroxylation is 1. The van der Waals surface area contributed by atoms with Crippen molar-refractivity contribution in [2.45, 2.75) is 25.6 Å². The summed E-state index contributed by atoms with van der Waals surface area (Å²) in [7, 11) is 0. The average molecular weight is 226 g/mol. The number of hydrogen-bond acceptors (Lipinski definition) is 4. The van der Waals surface area contributed by atoms with Crippen LogP contribution in [0.15, 0.2) is 18.2 Å². The number of carboxylic acids is 1. The predicted octanol–water partition coefficient (Wildman–Crippen LogP) is 0.570. The SMILES string of the molecule is Cc1ccc(C(O)C(O)CC(=O)O)cc1O. The first-order valence-corrected chi connectivity index (χ1v) is 4.79. The van der Waals surface area contributed by atoms with E-state index in [-0.39, 0.29) is 11.3 Å². The number of carbonyl (C=O) groups is 1. The molecule has 0 radical (unpaired) electrons. The topological polar surface area (TPSA) is 98.0 Å². The van der Waals surface area contributed by atoms with Gasteiger partial charge in [-0.05, 0) is 24.1 Å². The number of benzene rings is 1. The predicted molar refractivity (Wildman–Crippen MR) is 56.1 cm³/mol. The van der Waals surface area contributed by atoms with Crippen LogP contribution in [0.1, 0.15) is 23.7 Å². The molecule has 1 rings (SSSR count). The van der Waals surface area contributed by atoms with Crippen LogP contribution in [-0.4, -0.2) is 32.5 Å². The fourth-order valence-electron chi connectivity index (χ4n) is 1.32. The Balaban J connectivity index is 2.83. The molecule has 0 bridgehead atoms. The molecular weight excluding hydrogens is 212 g/mol. The summed E-state index contributed by atoms with van der Waals surface area (Å²) in [4.78, 5) is 10.3. The van der Waals surface area contributed by atoms with Crippen LogP contribution in [0.2, 0.25) is 0 Å². The number of aromatic hydroxyl groups is 1. The van der Waals surface area contributed by atoms with Crippen molar-refractivity contribution < 1.29 is 25.2 Å². The Hall–Kier alpha value is -1.59. The molecule has 0 spiro atoms. The minimum Gasteiger partial charge on any atom is -0.508 e. The van der Waals surface area contributed by atoms with Gasteiger partial charge in [-0.25, -0.2) is 0 Å². The lowest BCUT2D eigenvalue weighted by Crippen LogP contribution is -2.21. The Kier molecular flexibility index (Phi) is 3.87. The molecule has 0 fully saturated rings. The molecule has 0 heterocycles. The van der Waals surface area contributed by atoms with Gasteiger partial charge < -0.3 is 20.4 Å². The van der Waals surface area contributed by atoms with Crippen molar-refractivity contribution in [2.24, 2.45) is 0 Å². The number of aliphatic hydroxyl groups excluding tert-OH is 2. The van der Waals surface area contributed by atoms with Crippen molar-refractivity contribution in [2.75, 3.05) is 0 Å². The van der Waals surface area contributed by atoms with Crippen LogP contribution in [0.3, 0.4) is 0 Å². The maximum absolute atomic E-state index is 10.3. The van der Waals surface area contributed by atoms with Gasteiger partial charge in [-0.1, -0.05) is 12.1 Å². The molecule has 1 aromatic rings. The Morgan fingerprint density at radius 3 is 2.50 bits per heavy atom. The van der Waals surface area contributed by atoms with Crippen molar-refractivity contribution in [3.8, 4) is 5.75 Å². The van der Waals surface area contributed by atoms with E-state index >= 15 is 0 Å². The molecule has 0 aliphatic rings. The molecule has 5 nitrogen and oxygen atoms in total. The quantitative estimate of drug-likeness (QED) is 0.601. The van der Waals surface area contributed by atoms with Crippen molar-refractivity contribution in [3.63, 3.8) is 0 Å². The Bertz CT molecular complexity index is 388. The van der Waals surface area contributed by atoms with Gasteiger partial charge in [0, 0.05) is 0 Å². The highest BCUT2D eigenvalue weighted by Gasteiger charge is 2.21. The fourth-order valence-corrected chi connectivity index (χ4v) is 1.32. The summed E-state index contributed by atoms with van der Waals surface area (Å²) < 4.78 is 0. The summed E-state index contributed by atoms with van der Waals surface area (Å²) >= 11 is 0. The highest BCUT2D eigenvalue weighted by molar-refractivity contribution is 5.67. The third kappa shape index (κ3) is 2.95. The number of phenolic OH excluding ortho intramolecular Hbond substituents is 1. The van der Waals surface area contributed by atoms with Crippen molar-refractivity contribution in [1.82, 2.24) is 0 Å². The zero-order chi connectivity index (χ0) is 12.3. The van der Waals surface area contributed by atoms with Crippen LogP contribution in [0, 0.1) is 6.92 Å². The minimum absolute atomic E-state index is 0.000856. The van der Waals surface area contributed by atoms with Gasteiger partial charge in [0.15, 0.2) is 0 Å². The van der Waals surface area contributed by atoms with E-state index < -0.39 is 24.6 Å². The number of phenols is 1. The fraction of sp³-hybridized carbons (Fsp3) is 0.364. The summed E-state index contributed by atoms with van der Waals surface area (Å²) in [5.41, 5.74) is 0.931. The van der Waals surface area contributed by atoms with Crippen molar-refractivity contribution >= 4 is 5.97 Å². The average Bonchev–Trinajstić information content (AvgIpc) is 2.20. The molecule has 4 N–H and O–H groups in total. The second kappa shape index (κ2) is 4.96. The zero-order valence-corrected chi connectivity index (χ0v) is 8.79. The molecule has 2 unspecified atom stereocenters. The second-order valence-electron chi connectivity index (χ2n) is 3.66. The molecule has 2 atom stereocenters. The monoisotopic (exact) mass is 226 g/mol. The van der Waals surface area contributed by atoms with Gasteiger partial charge in [-0.2, -0.15) is 0 Å². The number of aliphatic hydroxyl groups is 2. The van der Waals surface area contributed by atoms with Crippen LogP contribution in [-0.2, 0) is 4.79 Å². The van der Waals surface area contributed by atoms with E-state index in [1.807, 2.05) is 0 Å². The van der Waals surface area contributed by atoms with Gasteiger partial charge in [0.1, 0.15) is 11.9 Å². The summed E-state index contributed by atoms with van der Waals surface area (Å²) in [6.45, 7) is 1.69. The van der Waals surface area contributed by atoms with E-state index in [0.717, 1.165) is 0 Å². The minimum atomic E-state index is -1.39. The molecule has 0 aliphatic heterocycles. The molecule has 0 amide bonds. The lowest BCUT2D eigenvalue weighted by molar-refractivity contribution is -0.141. The number of rotatable bonds is 4. The van der Waals surface area contributed by atoms with Crippen molar-refractivity contribution in [3.05, 3.63) is 29.3 Å². The largest absolute Gasteiger partial charge is 0.508 e. The van der Waals surface area contributed by atoms with E-state index in [4.69, 9.17) is 5.11 Å². The van der Waals surface area contributed by atoms with E-state index in [2.05, 4.69) is 0 Å². The number of carboxylic acid groups (broad SMARTS) is 1. The molecule has 0 aromatic heterocycles. The summed E-state index contributed by atoms with van der Waals surface area (Å²) in [6.07, 6.45) is -3.25. The van der Waals surface area contributed by atoms with Gasteiger partial charge >= 0.3 is 5.97 Å². The Morgan fingerprint density at radius 1 is 1.38 bits per heavy atom. The van der Waals surface area contributed by atoms with E-state index in [1.165, 1.54) is 12.1 Å². The van der Waals surface area contributed by atoms with Gasteiger partial charge in [-0.3, -0.25) is 4.79 Å². The maximum atomic E-state index is 10.3. The third-order valence-corrected chi connectivity index (χ3v) is 2.32. The van der Waals surface area contributed by atoms with Crippen LogP contribution in [0.4, 0.5) is 0 Å². The first kappa shape index (κ1) is 12.5. The van der Waals surface area contributed by atoms with Crippen LogP contribution in [0.5, 0.6) is 5.75 Å². The van der Waals surface area contributed by atoms with Crippen LogP contribution >= 0.6 is 0 Å². The van der Waals surface area contributed by atoms with Gasteiger partial charge in [0.05, 0.1) is 12.5 Å². The highest BCUT2D eigenvalue weighted by atomic mass is 16.4. The lowest BCUT2D eigenvalue weighted by atomic mass is 10.0. The van der Waals surface area contributed by atoms with Crippen LogP contribution < -0.4 is 0 Å². The molecule has 0 aliphatic carbocycles. The smallest absolute Gasteiger partial charge is 0.306 e. The molecule has 0 saturated carbocycles. The number of hydrogen-bond donors (Lipinski definition) is 4. The molecular formula is C11H14O5. The highest BCUT2D eigenvalue weighted by Crippen LogP contribution is 2.25. The van der Waals surface area contributed by atoms with E-state index in [1.54, 1.807) is 13.0 Å². The number of aliphatic carboxylic acids is 1.